The fourth-order valence-corrected chi connectivity index (χ4v) is 1.36. The van der Waals surface area contributed by atoms with Gasteiger partial charge >= 0.3 is 23.9 Å². The van der Waals surface area contributed by atoms with Gasteiger partial charge in [-0.05, 0) is 19.8 Å². The van der Waals surface area contributed by atoms with Gasteiger partial charge in [-0.2, -0.15) is 0 Å². The molecule has 0 spiro atoms. The Bertz CT molecular complexity index is 438. The SMILES string of the molecule is CC(CCC(=O)O)NC(=O)NC(CCC(=O)O)C(=O)O.O=CO.[Y].[Y].[Y]. The van der Waals surface area contributed by atoms with Crippen LogP contribution in [0.4, 0.5) is 4.79 Å². The summed E-state index contributed by atoms with van der Waals surface area (Å²) in [5, 5.41) is 37.2. The van der Waals surface area contributed by atoms with Crippen molar-refractivity contribution in [3.05, 3.63) is 0 Å². The molecule has 14 heteroatoms. The third-order valence-corrected chi connectivity index (χ3v) is 2.42. The van der Waals surface area contributed by atoms with Crippen molar-refractivity contribution >= 4 is 30.4 Å². The van der Waals surface area contributed by atoms with E-state index in [4.69, 9.17) is 25.2 Å². The number of urea groups is 1. The van der Waals surface area contributed by atoms with Crippen LogP contribution in [0.2, 0.25) is 0 Å². The average Bonchev–Trinajstić information content (AvgIpc) is 2.41. The molecule has 0 aliphatic carbocycles. The molecular formula is C12H20N2O9Y3. The summed E-state index contributed by atoms with van der Waals surface area (Å²) in [5.74, 6) is -3.49. The van der Waals surface area contributed by atoms with Crippen LogP contribution >= 0.6 is 0 Å². The number of carbonyl (C=O) groups is 5. The number of amides is 2. The molecule has 11 nitrogen and oxygen atoms in total. The van der Waals surface area contributed by atoms with Crippen molar-refractivity contribution in [2.75, 3.05) is 0 Å². The van der Waals surface area contributed by atoms with Crippen LogP contribution in [0.15, 0.2) is 0 Å². The van der Waals surface area contributed by atoms with E-state index in [0.717, 1.165) is 0 Å². The van der Waals surface area contributed by atoms with Gasteiger partial charge in [0.2, 0.25) is 0 Å². The summed E-state index contributed by atoms with van der Waals surface area (Å²) >= 11 is 0. The van der Waals surface area contributed by atoms with Crippen molar-refractivity contribution < 1.29 is 143 Å². The van der Waals surface area contributed by atoms with Gasteiger partial charge in [0.25, 0.3) is 6.47 Å². The minimum Gasteiger partial charge on any atom is -0.483 e. The molecule has 2 unspecified atom stereocenters. The number of aliphatic carboxylic acids is 3. The molecule has 2 atom stereocenters. The molecule has 26 heavy (non-hydrogen) atoms. The summed E-state index contributed by atoms with van der Waals surface area (Å²) in [6.45, 7) is 1.33. The zero-order valence-electron chi connectivity index (χ0n) is 14.1. The predicted octanol–water partition coefficient (Wildman–Crippen LogP) is -0.450. The molecule has 3 radical (unpaired) electrons. The molecule has 0 aromatic heterocycles. The van der Waals surface area contributed by atoms with E-state index in [2.05, 4.69) is 10.6 Å². The van der Waals surface area contributed by atoms with Crippen LogP contribution < -0.4 is 10.6 Å². The van der Waals surface area contributed by atoms with Crippen LogP contribution in [-0.4, -0.2) is 62.9 Å². The van der Waals surface area contributed by atoms with Crippen molar-refractivity contribution in [2.24, 2.45) is 0 Å². The molecule has 0 bridgehead atoms. The third-order valence-electron chi connectivity index (χ3n) is 2.42. The fraction of sp³-hybridized carbons (Fsp3) is 0.583. The molecule has 0 aliphatic rings. The van der Waals surface area contributed by atoms with Crippen LogP contribution in [0.5, 0.6) is 0 Å². The molecule has 0 heterocycles. The zero-order chi connectivity index (χ0) is 18.4. The summed E-state index contributed by atoms with van der Waals surface area (Å²) in [7, 11) is 0. The van der Waals surface area contributed by atoms with E-state index in [-0.39, 0.29) is 130 Å². The quantitative estimate of drug-likeness (QED) is 0.190. The summed E-state index contributed by atoms with van der Waals surface area (Å²) in [5.41, 5.74) is 0. The second kappa shape index (κ2) is 23.5. The summed E-state index contributed by atoms with van der Waals surface area (Å²) < 4.78 is 0. The largest absolute Gasteiger partial charge is 0.483 e. The minimum atomic E-state index is -1.33. The Kier molecular flexibility index (Phi) is 33.7. The van der Waals surface area contributed by atoms with Gasteiger partial charge in [-0.3, -0.25) is 14.4 Å². The molecule has 2 amide bonds. The maximum absolute atomic E-state index is 11.5. The van der Waals surface area contributed by atoms with Crippen LogP contribution in [0.3, 0.4) is 0 Å². The van der Waals surface area contributed by atoms with Gasteiger partial charge in [-0.25, -0.2) is 9.59 Å². The first-order valence-electron chi connectivity index (χ1n) is 6.45. The molecule has 141 valence electrons. The van der Waals surface area contributed by atoms with E-state index < -0.39 is 36.0 Å². The van der Waals surface area contributed by atoms with E-state index >= 15 is 0 Å². The van der Waals surface area contributed by atoms with Gasteiger partial charge in [0.15, 0.2) is 0 Å². The van der Waals surface area contributed by atoms with Crippen molar-refractivity contribution in [1.29, 1.82) is 0 Å². The van der Waals surface area contributed by atoms with E-state index in [1.807, 2.05) is 0 Å². The molecule has 6 N–H and O–H groups in total. The van der Waals surface area contributed by atoms with Crippen molar-refractivity contribution in [1.82, 2.24) is 10.6 Å². The van der Waals surface area contributed by atoms with Gasteiger partial charge in [0.05, 0.1) is 0 Å². The zero-order valence-corrected chi connectivity index (χ0v) is 22.6. The second-order valence-corrected chi connectivity index (χ2v) is 4.38. The second-order valence-electron chi connectivity index (χ2n) is 4.38. The number of carboxylic acid groups (broad SMARTS) is 4. The van der Waals surface area contributed by atoms with Gasteiger partial charge < -0.3 is 31.1 Å². The first-order chi connectivity index (χ1) is 10.6. The maximum Gasteiger partial charge on any atom is 0.326 e. The molecule has 0 aromatic carbocycles. The summed E-state index contributed by atoms with van der Waals surface area (Å²) in [6.07, 6.45) is -0.536. The van der Waals surface area contributed by atoms with Gasteiger partial charge in [-0.15, -0.1) is 0 Å². The normalized spacial score (nSPS) is 10.5. The smallest absolute Gasteiger partial charge is 0.326 e. The van der Waals surface area contributed by atoms with E-state index in [1.165, 1.54) is 0 Å². The molecule has 0 aromatic rings. The van der Waals surface area contributed by atoms with Crippen LogP contribution in [0, 0.1) is 0 Å². The topological polar surface area (TPSA) is 190 Å². The number of hydrogen-bond acceptors (Lipinski definition) is 5. The molecule has 0 saturated carbocycles. The van der Waals surface area contributed by atoms with E-state index in [1.54, 1.807) is 6.92 Å². The molecule has 0 saturated heterocycles. The Morgan fingerprint density at radius 3 is 1.62 bits per heavy atom. The minimum absolute atomic E-state index is 0. The number of nitrogens with one attached hydrogen (secondary N) is 2. The molecule has 0 fully saturated rings. The van der Waals surface area contributed by atoms with Gasteiger partial charge in [-0.1, -0.05) is 0 Å². The Hall–Kier alpha value is 0.462. The Labute approximate surface area is 225 Å². The fourth-order valence-electron chi connectivity index (χ4n) is 1.36. The van der Waals surface area contributed by atoms with Crippen molar-refractivity contribution in [2.45, 2.75) is 44.7 Å². The first-order valence-corrected chi connectivity index (χ1v) is 6.45. The summed E-state index contributed by atoms with van der Waals surface area (Å²) in [4.78, 5) is 51.4. The Morgan fingerprint density at radius 2 is 1.27 bits per heavy atom. The standard InChI is InChI=1S/C11H18N2O7.CH2O2.3Y/c1-6(2-4-8(14)15)12-11(20)13-7(10(18)19)3-5-9(16)17;2-1-3;;;/h6-7H,2-5H2,1H3,(H,14,15)(H,16,17)(H,18,19)(H2,12,13,20);1H,(H,2,3);;;. The maximum atomic E-state index is 11.5. The van der Waals surface area contributed by atoms with Gasteiger partial charge in [0.1, 0.15) is 6.04 Å². The van der Waals surface area contributed by atoms with Crippen LogP contribution in [0.25, 0.3) is 0 Å². The summed E-state index contributed by atoms with van der Waals surface area (Å²) in [6, 6.07) is -2.53. The van der Waals surface area contributed by atoms with E-state index in [9.17, 15) is 19.2 Å². The van der Waals surface area contributed by atoms with Crippen LogP contribution in [-0.2, 0) is 117 Å². The molecule has 0 aliphatic heterocycles. The average molecular weight is 603 g/mol. The van der Waals surface area contributed by atoms with Crippen molar-refractivity contribution in [3.63, 3.8) is 0 Å². The Morgan fingerprint density at radius 1 is 0.885 bits per heavy atom. The van der Waals surface area contributed by atoms with Crippen molar-refractivity contribution in [3.8, 4) is 0 Å². The van der Waals surface area contributed by atoms with Crippen LogP contribution in [0.1, 0.15) is 32.6 Å². The van der Waals surface area contributed by atoms with Gasteiger partial charge in [0, 0.05) is 117 Å². The number of carbonyl (C=O) groups excluding carboxylic acids is 1. The molecular weight excluding hydrogens is 583 g/mol. The number of hydrogen-bond donors (Lipinski definition) is 6. The molecule has 0 rings (SSSR count). The monoisotopic (exact) mass is 603 g/mol. The van der Waals surface area contributed by atoms with E-state index in [0.29, 0.717) is 0 Å². The Balaban J connectivity index is -0.000000228. The number of carboxylic acids is 3. The predicted molar refractivity (Wildman–Crippen MR) is 75.0 cm³/mol. The number of rotatable bonds is 9. The first kappa shape index (κ1) is 37.2. The third kappa shape index (κ3) is 26.7.